The van der Waals surface area contributed by atoms with Gasteiger partial charge in [-0.2, -0.15) is 0 Å². The van der Waals surface area contributed by atoms with E-state index in [4.69, 9.17) is 5.73 Å². The molecule has 0 spiro atoms. The summed E-state index contributed by atoms with van der Waals surface area (Å²) in [5.74, 6) is 0.689. The quantitative estimate of drug-likeness (QED) is 0.770. The van der Waals surface area contributed by atoms with Gasteiger partial charge in [0.15, 0.2) is 0 Å². The lowest BCUT2D eigenvalue weighted by molar-refractivity contribution is 0.0937. The predicted octanol–water partition coefficient (Wildman–Crippen LogP) is 2.50. The Morgan fingerprint density at radius 3 is 2.76 bits per heavy atom. The zero-order chi connectivity index (χ0) is 12.4. The Morgan fingerprint density at radius 2 is 2.18 bits per heavy atom. The minimum atomic E-state index is -0.0281. The van der Waals surface area contributed by atoms with Crippen molar-refractivity contribution in [2.75, 3.05) is 5.73 Å². The van der Waals surface area contributed by atoms with E-state index in [1.54, 1.807) is 6.07 Å². The Morgan fingerprint density at radius 1 is 1.41 bits per heavy atom. The number of aryl methyl sites for hydroxylation is 1. The van der Waals surface area contributed by atoms with Gasteiger partial charge in [0.05, 0.1) is 5.56 Å². The molecule has 1 aromatic rings. The van der Waals surface area contributed by atoms with Crippen molar-refractivity contribution < 1.29 is 4.79 Å². The van der Waals surface area contributed by atoms with Crippen molar-refractivity contribution in [2.24, 2.45) is 5.92 Å². The van der Waals surface area contributed by atoms with Crippen LogP contribution in [0.3, 0.4) is 0 Å². The van der Waals surface area contributed by atoms with Crippen LogP contribution in [0, 0.1) is 12.8 Å². The minimum Gasteiger partial charge on any atom is -0.398 e. The number of anilines is 1. The van der Waals surface area contributed by atoms with Crippen molar-refractivity contribution in [2.45, 2.75) is 39.2 Å². The van der Waals surface area contributed by atoms with Crippen LogP contribution in [0.1, 0.15) is 42.1 Å². The summed E-state index contributed by atoms with van der Waals surface area (Å²) in [5.41, 5.74) is 8.00. The normalized spacial score (nSPS) is 23.6. The molecule has 2 unspecified atom stereocenters. The largest absolute Gasteiger partial charge is 0.398 e. The van der Waals surface area contributed by atoms with Gasteiger partial charge in [-0.05, 0) is 43.7 Å². The number of carbonyl (C=O) groups excluding carboxylic acids is 1. The molecule has 1 fully saturated rings. The van der Waals surface area contributed by atoms with E-state index in [0.717, 1.165) is 24.3 Å². The van der Waals surface area contributed by atoms with Gasteiger partial charge in [-0.15, -0.1) is 0 Å². The van der Waals surface area contributed by atoms with Crippen LogP contribution in [-0.2, 0) is 0 Å². The fourth-order valence-corrected chi connectivity index (χ4v) is 2.60. The molecule has 1 saturated carbocycles. The van der Waals surface area contributed by atoms with Crippen molar-refractivity contribution in [3.63, 3.8) is 0 Å². The molecule has 1 aliphatic carbocycles. The maximum atomic E-state index is 12.2. The SMILES string of the molecule is Cc1cccc(N)c1C(=O)NC1CCC(C)C1. The van der Waals surface area contributed by atoms with Gasteiger partial charge >= 0.3 is 0 Å². The molecule has 2 atom stereocenters. The smallest absolute Gasteiger partial charge is 0.253 e. The molecule has 3 nitrogen and oxygen atoms in total. The number of rotatable bonds is 2. The van der Waals surface area contributed by atoms with Gasteiger partial charge in [0.2, 0.25) is 0 Å². The van der Waals surface area contributed by atoms with Crippen molar-refractivity contribution >= 4 is 11.6 Å². The third kappa shape index (κ3) is 2.60. The molecule has 0 heterocycles. The van der Waals surface area contributed by atoms with E-state index in [-0.39, 0.29) is 5.91 Å². The Balaban J connectivity index is 2.10. The molecule has 1 aliphatic rings. The molecule has 2 rings (SSSR count). The monoisotopic (exact) mass is 232 g/mol. The summed E-state index contributed by atoms with van der Waals surface area (Å²) in [7, 11) is 0. The van der Waals surface area contributed by atoms with Crippen LogP contribution in [0.4, 0.5) is 5.69 Å². The summed E-state index contributed by atoms with van der Waals surface area (Å²) in [6, 6.07) is 5.89. The lowest BCUT2D eigenvalue weighted by atomic mass is 10.1. The highest BCUT2D eigenvalue weighted by atomic mass is 16.1. The molecule has 0 radical (unpaired) electrons. The Hall–Kier alpha value is -1.51. The van der Waals surface area contributed by atoms with E-state index in [2.05, 4.69) is 12.2 Å². The second-order valence-corrected chi connectivity index (χ2v) is 5.13. The van der Waals surface area contributed by atoms with Gasteiger partial charge in [-0.1, -0.05) is 19.1 Å². The molecule has 92 valence electrons. The minimum absolute atomic E-state index is 0.0281. The first kappa shape index (κ1) is 12.0. The molecule has 0 bridgehead atoms. The van der Waals surface area contributed by atoms with Crippen LogP contribution in [-0.4, -0.2) is 11.9 Å². The summed E-state index contributed by atoms with van der Waals surface area (Å²) in [5, 5.41) is 3.09. The first-order valence-corrected chi connectivity index (χ1v) is 6.24. The van der Waals surface area contributed by atoms with Gasteiger partial charge < -0.3 is 11.1 Å². The predicted molar refractivity (Wildman–Crippen MR) is 69.9 cm³/mol. The summed E-state index contributed by atoms with van der Waals surface area (Å²) < 4.78 is 0. The molecule has 0 saturated heterocycles. The first-order valence-electron chi connectivity index (χ1n) is 6.24. The number of hydrogen-bond donors (Lipinski definition) is 2. The van der Waals surface area contributed by atoms with Crippen molar-refractivity contribution in [1.82, 2.24) is 5.32 Å². The number of nitrogens with two attached hydrogens (primary N) is 1. The molecule has 0 aromatic heterocycles. The molecule has 1 amide bonds. The molecule has 3 N–H and O–H groups in total. The second-order valence-electron chi connectivity index (χ2n) is 5.13. The number of amides is 1. The highest BCUT2D eigenvalue weighted by Crippen LogP contribution is 2.25. The van der Waals surface area contributed by atoms with Gasteiger partial charge in [0.25, 0.3) is 5.91 Å². The standard InChI is InChI=1S/C14H20N2O/c1-9-6-7-11(8-9)16-14(17)13-10(2)4-3-5-12(13)15/h3-5,9,11H,6-8,15H2,1-2H3,(H,16,17). The van der Waals surface area contributed by atoms with Crippen LogP contribution >= 0.6 is 0 Å². The number of carbonyl (C=O) groups is 1. The number of nitrogens with one attached hydrogen (secondary N) is 1. The van der Waals surface area contributed by atoms with Crippen molar-refractivity contribution in [3.05, 3.63) is 29.3 Å². The molecule has 17 heavy (non-hydrogen) atoms. The van der Waals surface area contributed by atoms with Crippen molar-refractivity contribution in [3.8, 4) is 0 Å². The fraction of sp³-hybridized carbons (Fsp3) is 0.500. The number of benzene rings is 1. The van der Waals surface area contributed by atoms with E-state index < -0.39 is 0 Å². The third-order valence-corrected chi connectivity index (χ3v) is 3.56. The summed E-state index contributed by atoms with van der Waals surface area (Å²) in [4.78, 5) is 12.2. The van der Waals surface area contributed by atoms with Crippen LogP contribution in [0.15, 0.2) is 18.2 Å². The van der Waals surface area contributed by atoms with Gasteiger partial charge in [0, 0.05) is 11.7 Å². The van der Waals surface area contributed by atoms with E-state index in [9.17, 15) is 4.79 Å². The average Bonchev–Trinajstić information content (AvgIpc) is 2.63. The molecular weight excluding hydrogens is 212 g/mol. The van der Waals surface area contributed by atoms with Crippen LogP contribution in [0.25, 0.3) is 0 Å². The Kier molecular flexibility index (Phi) is 3.36. The molecule has 0 aliphatic heterocycles. The van der Waals surface area contributed by atoms with E-state index in [1.165, 1.54) is 6.42 Å². The lowest BCUT2D eigenvalue weighted by Gasteiger charge is -2.15. The van der Waals surface area contributed by atoms with Gasteiger partial charge in [0.1, 0.15) is 0 Å². The summed E-state index contributed by atoms with van der Waals surface area (Å²) >= 11 is 0. The zero-order valence-corrected chi connectivity index (χ0v) is 10.5. The molecule has 1 aromatic carbocycles. The number of nitrogen functional groups attached to an aromatic ring is 1. The lowest BCUT2D eigenvalue weighted by Crippen LogP contribution is -2.33. The van der Waals surface area contributed by atoms with Crippen molar-refractivity contribution in [1.29, 1.82) is 0 Å². The van der Waals surface area contributed by atoms with Gasteiger partial charge in [-0.25, -0.2) is 0 Å². The van der Waals surface area contributed by atoms with E-state index >= 15 is 0 Å². The Bertz CT molecular complexity index is 408. The maximum Gasteiger partial charge on any atom is 0.253 e. The van der Waals surface area contributed by atoms with Crippen LogP contribution < -0.4 is 11.1 Å². The number of hydrogen-bond acceptors (Lipinski definition) is 2. The topological polar surface area (TPSA) is 55.1 Å². The van der Waals surface area contributed by atoms with E-state index in [1.807, 2.05) is 19.1 Å². The fourth-order valence-electron chi connectivity index (χ4n) is 2.60. The highest BCUT2D eigenvalue weighted by Gasteiger charge is 2.24. The molecule has 3 heteroatoms. The zero-order valence-electron chi connectivity index (χ0n) is 10.5. The van der Waals surface area contributed by atoms with Gasteiger partial charge in [-0.3, -0.25) is 4.79 Å². The van der Waals surface area contributed by atoms with Crippen LogP contribution in [0.2, 0.25) is 0 Å². The highest BCUT2D eigenvalue weighted by molar-refractivity contribution is 6.00. The van der Waals surface area contributed by atoms with E-state index in [0.29, 0.717) is 17.3 Å². The summed E-state index contributed by atoms with van der Waals surface area (Å²) in [6.07, 6.45) is 3.37. The molecular formula is C14H20N2O. The van der Waals surface area contributed by atoms with Crippen LogP contribution in [0.5, 0.6) is 0 Å². The third-order valence-electron chi connectivity index (χ3n) is 3.56. The Labute approximate surface area is 102 Å². The first-order chi connectivity index (χ1) is 8.08. The summed E-state index contributed by atoms with van der Waals surface area (Å²) in [6.45, 7) is 4.15. The average molecular weight is 232 g/mol. The second kappa shape index (κ2) is 4.78. The maximum absolute atomic E-state index is 12.2.